The third-order valence-electron chi connectivity index (χ3n) is 3.29. The molecule has 0 radical (unpaired) electrons. The summed E-state index contributed by atoms with van der Waals surface area (Å²) in [7, 11) is 0.434. The maximum atomic E-state index is 12.4. The van der Waals surface area contributed by atoms with E-state index in [2.05, 4.69) is 4.99 Å². The largest absolute Gasteiger partial charge is 0.496 e. The second kappa shape index (κ2) is 6.60. The van der Waals surface area contributed by atoms with Crippen LogP contribution in [0.5, 0.6) is 5.75 Å². The molecule has 0 amide bonds. The second-order valence-electron chi connectivity index (χ2n) is 4.75. The van der Waals surface area contributed by atoms with Crippen molar-refractivity contribution in [3.63, 3.8) is 0 Å². The van der Waals surface area contributed by atoms with Crippen LogP contribution in [0.4, 0.5) is 13.2 Å². The molecule has 1 atom stereocenters. The molecule has 22 heavy (non-hydrogen) atoms. The first-order valence-corrected chi connectivity index (χ1v) is 8.13. The zero-order valence-electron chi connectivity index (χ0n) is 11.9. The fraction of sp³-hybridized carbons (Fsp3) is 0.429. The van der Waals surface area contributed by atoms with E-state index in [1.807, 2.05) is 0 Å². The number of aliphatic imine (C=N–C) groups is 1. The van der Waals surface area contributed by atoms with Crippen molar-refractivity contribution in [3.05, 3.63) is 23.8 Å². The van der Waals surface area contributed by atoms with Crippen LogP contribution >= 0.6 is 10.9 Å². The molecule has 1 heterocycles. The molecule has 8 heteroatoms. The number of carboxylic acid groups (broad SMARTS) is 1. The lowest BCUT2D eigenvalue weighted by molar-refractivity contribution is -0.132. The summed E-state index contributed by atoms with van der Waals surface area (Å²) < 4.78 is 42.2. The van der Waals surface area contributed by atoms with Gasteiger partial charge in [0.2, 0.25) is 0 Å². The van der Waals surface area contributed by atoms with E-state index in [1.54, 1.807) is 12.1 Å². The number of rotatable bonds is 5. The lowest BCUT2D eigenvalue weighted by Gasteiger charge is -2.20. The van der Waals surface area contributed by atoms with E-state index in [0.29, 0.717) is 17.3 Å². The van der Waals surface area contributed by atoms with Crippen molar-refractivity contribution in [2.45, 2.75) is 23.9 Å². The van der Waals surface area contributed by atoms with Crippen LogP contribution in [0.1, 0.15) is 23.2 Å². The third-order valence-corrected chi connectivity index (χ3v) is 5.83. The maximum absolute atomic E-state index is 12.4. The predicted octanol–water partition coefficient (Wildman–Crippen LogP) is 3.51. The Hall–Kier alpha value is -1.70. The number of aromatic carboxylic acids is 1. The Balaban J connectivity index is 2.20. The Labute approximate surface area is 128 Å². The standard InChI is InChI=1S/C14H16F3NO3S/c1-21-11-8-9(2-3-10(11)13(19)20)22-7-6-18-12(22)4-5-14(15,16)17/h2-3,8,22H,4-7H2,1H3,(H,19,20). The Morgan fingerprint density at radius 1 is 1.45 bits per heavy atom. The zero-order valence-corrected chi connectivity index (χ0v) is 12.7. The number of halogens is 3. The Morgan fingerprint density at radius 3 is 2.77 bits per heavy atom. The first-order chi connectivity index (χ1) is 10.3. The van der Waals surface area contributed by atoms with E-state index in [0.717, 1.165) is 4.90 Å². The van der Waals surface area contributed by atoms with E-state index < -0.39 is 29.5 Å². The number of alkyl halides is 3. The molecule has 1 aromatic carbocycles. The summed E-state index contributed by atoms with van der Waals surface area (Å²) in [5.74, 6) is -0.193. The highest BCUT2D eigenvalue weighted by Crippen LogP contribution is 2.44. The average Bonchev–Trinajstić information content (AvgIpc) is 2.92. The first kappa shape index (κ1) is 16.7. The van der Waals surface area contributed by atoms with Crippen LogP contribution in [0.2, 0.25) is 0 Å². The van der Waals surface area contributed by atoms with Crippen LogP contribution in [-0.2, 0) is 0 Å². The van der Waals surface area contributed by atoms with Crippen molar-refractivity contribution in [2.24, 2.45) is 4.99 Å². The summed E-state index contributed by atoms with van der Waals surface area (Å²) in [6.45, 7) is 0.516. The molecule has 0 aromatic heterocycles. The van der Waals surface area contributed by atoms with Gasteiger partial charge in [0.15, 0.2) is 0 Å². The van der Waals surface area contributed by atoms with Gasteiger partial charge in [-0.1, -0.05) is 0 Å². The molecule has 0 fully saturated rings. The fourth-order valence-corrected chi connectivity index (χ4v) is 4.56. The molecule has 0 bridgehead atoms. The molecular weight excluding hydrogens is 319 g/mol. The monoisotopic (exact) mass is 335 g/mol. The van der Waals surface area contributed by atoms with Crippen LogP contribution in [0, 0.1) is 0 Å². The molecule has 0 saturated carbocycles. The van der Waals surface area contributed by atoms with E-state index in [4.69, 9.17) is 9.84 Å². The molecule has 0 saturated heterocycles. The van der Waals surface area contributed by atoms with E-state index in [9.17, 15) is 18.0 Å². The van der Waals surface area contributed by atoms with Gasteiger partial charge >= 0.3 is 12.1 Å². The zero-order chi connectivity index (χ0) is 16.3. The van der Waals surface area contributed by atoms with Gasteiger partial charge in [-0.25, -0.2) is 4.79 Å². The molecule has 1 N–H and O–H groups in total. The lowest BCUT2D eigenvalue weighted by Crippen LogP contribution is -2.10. The number of benzene rings is 1. The molecule has 1 aliphatic heterocycles. The number of carbonyl (C=O) groups is 1. The van der Waals surface area contributed by atoms with Gasteiger partial charge in [-0.3, -0.25) is 4.99 Å². The van der Waals surface area contributed by atoms with Crippen LogP contribution in [0.25, 0.3) is 0 Å². The van der Waals surface area contributed by atoms with Crippen molar-refractivity contribution >= 4 is 21.9 Å². The van der Waals surface area contributed by atoms with Crippen molar-refractivity contribution < 1.29 is 27.8 Å². The number of thiol groups is 1. The average molecular weight is 335 g/mol. The summed E-state index contributed by atoms with van der Waals surface area (Å²) in [5.41, 5.74) is 0.0363. The van der Waals surface area contributed by atoms with Gasteiger partial charge in [0.05, 0.1) is 12.2 Å². The van der Waals surface area contributed by atoms with E-state index >= 15 is 0 Å². The van der Waals surface area contributed by atoms with E-state index in [1.165, 1.54) is 13.2 Å². The topological polar surface area (TPSA) is 58.9 Å². The van der Waals surface area contributed by atoms with Gasteiger partial charge in [-0.2, -0.15) is 24.1 Å². The first-order valence-electron chi connectivity index (χ1n) is 6.61. The quantitative estimate of drug-likeness (QED) is 0.810. The smallest absolute Gasteiger partial charge is 0.389 e. The minimum absolute atomic E-state index is 0.0363. The minimum Gasteiger partial charge on any atom is -0.496 e. The second-order valence-corrected chi connectivity index (χ2v) is 7.09. The van der Waals surface area contributed by atoms with Gasteiger partial charge in [0.1, 0.15) is 11.3 Å². The summed E-state index contributed by atoms with van der Waals surface area (Å²) >= 11 is 0. The maximum Gasteiger partial charge on any atom is 0.389 e. The Morgan fingerprint density at radius 2 is 2.18 bits per heavy atom. The Kier molecular flexibility index (Phi) is 5.00. The normalized spacial score (nSPS) is 19.8. The third kappa shape index (κ3) is 3.94. The lowest BCUT2D eigenvalue weighted by atomic mass is 10.2. The molecule has 1 aliphatic rings. The number of hydrogen-bond acceptors (Lipinski definition) is 3. The van der Waals surface area contributed by atoms with Crippen molar-refractivity contribution in [3.8, 4) is 5.75 Å². The summed E-state index contributed by atoms with van der Waals surface area (Å²) in [6, 6.07) is 4.67. The summed E-state index contributed by atoms with van der Waals surface area (Å²) in [6.07, 6.45) is -5.18. The van der Waals surface area contributed by atoms with E-state index in [-0.39, 0.29) is 17.7 Å². The number of methoxy groups -OCH3 is 1. The van der Waals surface area contributed by atoms with Crippen molar-refractivity contribution in [1.29, 1.82) is 0 Å². The van der Waals surface area contributed by atoms with Crippen LogP contribution < -0.4 is 4.74 Å². The number of nitrogens with zero attached hydrogens (tertiary/aromatic N) is 1. The molecule has 4 nitrogen and oxygen atoms in total. The van der Waals surface area contributed by atoms with Gasteiger partial charge in [-0.05, 0) is 23.1 Å². The molecule has 2 rings (SSSR count). The van der Waals surface area contributed by atoms with Crippen LogP contribution in [0.15, 0.2) is 28.1 Å². The van der Waals surface area contributed by atoms with Crippen molar-refractivity contribution in [2.75, 3.05) is 19.4 Å². The van der Waals surface area contributed by atoms with Gasteiger partial charge in [-0.15, -0.1) is 0 Å². The van der Waals surface area contributed by atoms with Crippen LogP contribution in [0.3, 0.4) is 0 Å². The molecule has 122 valence electrons. The highest BCUT2D eigenvalue weighted by molar-refractivity contribution is 8.30. The van der Waals surface area contributed by atoms with Gasteiger partial charge < -0.3 is 9.84 Å². The predicted molar refractivity (Wildman–Crippen MR) is 79.7 cm³/mol. The summed E-state index contributed by atoms with van der Waals surface area (Å²) in [4.78, 5) is 16.1. The number of ether oxygens (including phenoxy) is 1. The molecular formula is C14H16F3NO3S. The Bertz CT molecular complexity index is 601. The van der Waals surface area contributed by atoms with Crippen molar-refractivity contribution in [1.82, 2.24) is 0 Å². The summed E-state index contributed by atoms with van der Waals surface area (Å²) in [5, 5.41) is 9.64. The highest BCUT2D eigenvalue weighted by atomic mass is 32.2. The molecule has 0 spiro atoms. The molecule has 1 aromatic rings. The highest BCUT2D eigenvalue weighted by Gasteiger charge is 2.30. The molecule has 1 unspecified atom stereocenters. The SMILES string of the molecule is COc1cc([SH]2CCN=C2CCC(F)(F)F)ccc1C(=O)O. The van der Waals surface area contributed by atoms with Crippen LogP contribution in [-0.4, -0.2) is 41.7 Å². The number of hydrogen-bond donors (Lipinski definition) is 2. The van der Waals surface area contributed by atoms with Gasteiger partial charge in [0, 0.05) is 25.1 Å². The minimum atomic E-state index is -4.20. The number of carboxylic acids is 1. The molecule has 0 aliphatic carbocycles. The van der Waals surface area contributed by atoms with Gasteiger partial charge in [0.25, 0.3) is 0 Å². The fourth-order valence-electron chi connectivity index (χ4n) is 2.26.